The maximum atomic E-state index is 11.9. The minimum Gasteiger partial charge on any atom is -0.379 e. The number of hydrogen-bond acceptors (Lipinski definition) is 4. The van der Waals surface area contributed by atoms with Gasteiger partial charge in [-0.1, -0.05) is 23.7 Å². The van der Waals surface area contributed by atoms with Crippen LogP contribution in [-0.4, -0.2) is 60.1 Å². The van der Waals surface area contributed by atoms with E-state index in [4.69, 9.17) is 16.3 Å². The SMILES string of the molecule is O=C(NCCN1CCOCC1)Nc1cnn(-c2ccccc2Cl)c1. The van der Waals surface area contributed by atoms with E-state index >= 15 is 0 Å². The third-order valence-corrected chi connectivity index (χ3v) is 4.08. The van der Waals surface area contributed by atoms with E-state index in [-0.39, 0.29) is 6.03 Å². The van der Waals surface area contributed by atoms with Crippen molar-refractivity contribution in [3.8, 4) is 5.69 Å². The van der Waals surface area contributed by atoms with Crippen molar-refractivity contribution in [2.24, 2.45) is 0 Å². The smallest absolute Gasteiger partial charge is 0.319 e. The number of ether oxygens (including phenoxy) is 1. The molecule has 2 N–H and O–H groups in total. The molecule has 0 atom stereocenters. The zero-order valence-corrected chi connectivity index (χ0v) is 14.0. The van der Waals surface area contributed by atoms with Crippen molar-refractivity contribution in [2.75, 3.05) is 44.7 Å². The Hall–Kier alpha value is -2.09. The van der Waals surface area contributed by atoms with Crippen molar-refractivity contribution in [1.82, 2.24) is 20.0 Å². The van der Waals surface area contributed by atoms with Crippen LogP contribution >= 0.6 is 11.6 Å². The molecule has 0 aliphatic carbocycles. The van der Waals surface area contributed by atoms with Crippen LogP contribution in [0.1, 0.15) is 0 Å². The summed E-state index contributed by atoms with van der Waals surface area (Å²) in [4.78, 5) is 14.2. The van der Waals surface area contributed by atoms with Crippen LogP contribution in [0.2, 0.25) is 5.02 Å². The Morgan fingerprint density at radius 3 is 2.88 bits per heavy atom. The third kappa shape index (κ3) is 4.47. The number of para-hydroxylation sites is 1. The number of hydrogen-bond donors (Lipinski definition) is 2. The number of carbonyl (C=O) groups excluding carboxylic acids is 1. The summed E-state index contributed by atoms with van der Waals surface area (Å²) in [6.07, 6.45) is 3.31. The van der Waals surface area contributed by atoms with E-state index < -0.39 is 0 Å². The van der Waals surface area contributed by atoms with Crippen molar-refractivity contribution in [3.63, 3.8) is 0 Å². The average Bonchev–Trinajstić information content (AvgIpc) is 3.04. The fourth-order valence-electron chi connectivity index (χ4n) is 2.48. The molecule has 0 spiro atoms. The van der Waals surface area contributed by atoms with Gasteiger partial charge in [0.25, 0.3) is 0 Å². The van der Waals surface area contributed by atoms with Gasteiger partial charge in [-0.3, -0.25) is 4.90 Å². The minimum absolute atomic E-state index is 0.248. The number of urea groups is 1. The maximum Gasteiger partial charge on any atom is 0.319 e. The molecule has 8 heteroatoms. The predicted octanol–water partition coefficient (Wildman–Crippen LogP) is 1.98. The summed E-state index contributed by atoms with van der Waals surface area (Å²) in [6.45, 7) is 4.74. The molecule has 0 saturated carbocycles. The summed E-state index contributed by atoms with van der Waals surface area (Å²) in [5, 5.41) is 10.4. The summed E-state index contributed by atoms with van der Waals surface area (Å²) in [6, 6.07) is 7.15. The number of halogens is 1. The van der Waals surface area contributed by atoms with E-state index in [1.54, 1.807) is 23.1 Å². The zero-order chi connectivity index (χ0) is 16.8. The number of aromatic nitrogens is 2. The van der Waals surface area contributed by atoms with Crippen LogP contribution in [0.15, 0.2) is 36.7 Å². The molecule has 2 aromatic rings. The van der Waals surface area contributed by atoms with Crippen LogP contribution in [0, 0.1) is 0 Å². The van der Waals surface area contributed by atoms with Crippen molar-refractivity contribution in [1.29, 1.82) is 0 Å². The van der Waals surface area contributed by atoms with Gasteiger partial charge >= 0.3 is 6.03 Å². The molecule has 0 radical (unpaired) electrons. The standard InChI is InChI=1S/C16H20ClN5O2/c17-14-3-1-2-4-15(14)22-12-13(11-19-22)20-16(23)18-5-6-21-7-9-24-10-8-21/h1-4,11-12H,5-10H2,(H2,18,20,23). The van der Waals surface area contributed by atoms with Gasteiger partial charge in [0.1, 0.15) is 0 Å². The number of rotatable bonds is 5. The number of benzene rings is 1. The van der Waals surface area contributed by atoms with Gasteiger partial charge < -0.3 is 15.4 Å². The first-order chi connectivity index (χ1) is 11.7. The number of anilines is 1. The normalized spacial score (nSPS) is 15.2. The van der Waals surface area contributed by atoms with Crippen LogP contribution < -0.4 is 10.6 Å². The molecule has 0 bridgehead atoms. The molecule has 3 rings (SSSR count). The quantitative estimate of drug-likeness (QED) is 0.866. The highest BCUT2D eigenvalue weighted by Gasteiger charge is 2.11. The minimum atomic E-state index is -0.248. The van der Waals surface area contributed by atoms with Crippen LogP contribution in [0.3, 0.4) is 0 Å². The van der Waals surface area contributed by atoms with Gasteiger partial charge in [-0.05, 0) is 12.1 Å². The summed E-state index contributed by atoms with van der Waals surface area (Å²) >= 11 is 6.14. The van der Waals surface area contributed by atoms with Gasteiger partial charge in [0.05, 0.1) is 42.0 Å². The largest absolute Gasteiger partial charge is 0.379 e. The highest BCUT2D eigenvalue weighted by Crippen LogP contribution is 2.20. The van der Waals surface area contributed by atoms with Gasteiger partial charge in [0, 0.05) is 26.2 Å². The molecule has 128 valence electrons. The second-order valence-electron chi connectivity index (χ2n) is 5.46. The van der Waals surface area contributed by atoms with Crippen LogP contribution in [0.4, 0.5) is 10.5 Å². The molecule has 1 aliphatic rings. The number of carbonyl (C=O) groups is 1. The number of nitrogens with zero attached hydrogens (tertiary/aromatic N) is 3. The fraction of sp³-hybridized carbons (Fsp3) is 0.375. The zero-order valence-electron chi connectivity index (χ0n) is 13.2. The molecule has 1 aliphatic heterocycles. The number of nitrogens with one attached hydrogen (secondary N) is 2. The number of morpholine rings is 1. The molecule has 0 unspecified atom stereocenters. The monoisotopic (exact) mass is 349 g/mol. The molecular formula is C16H20ClN5O2. The summed E-state index contributed by atoms with van der Waals surface area (Å²) in [7, 11) is 0. The van der Waals surface area contributed by atoms with Crippen LogP contribution in [0.5, 0.6) is 0 Å². The molecule has 7 nitrogen and oxygen atoms in total. The maximum absolute atomic E-state index is 11.9. The second kappa shape index (κ2) is 8.14. The lowest BCUT2D eigenvalue weighted by Gasteiger charge is -2.26. The Labute approximate surface area is 145 Å². The van der Waals surface area contributed by atoms with Gasteiger partial charge in [0.2, 0.25) is 0 Å². The lowest BCUT2D eigenvalue weighted by atomic mass is 10.3. The Bertz CT molecular complexity index is 685. The van der Waals surface area contributed by atoms with Gasteiger partial charge in [0.15, 0.2) is 0 Å². The first kappa shape index (κ1) is 16.8. The first-order valence-electron chi connectivity index (χ1n) is 7.87. The van der Waals surface area contributed by atoms with Crippen molar-refractivity contribution < 1.29 is 9.53 Å². The molecule has 1 fully saturated rings. The first-order valence-corrected chi connectivity index (χ1v) is 8.25. The summed E-state index contributed by atoms with van der Waals surface area (Å²) in [5.41, 5.74) is 1.37. The van der Waals surface area contributed by atoms with Gasteiger partial charge in [-0.15, -0.1) is 0 Å². The van der Waals surface area contributed by atoms with E-state index in [2.05, 4.69) is 20.6 Å². The highest BCUT2D eigenvalue weighted by molar-refractivity contribution is 6.32. The van der Waals surface area contributed by atoms with Crippen molar-refractivity contribution >= 4 is 23.3 Å². The lowest BCUT2D eigenvalue weighted by molar-refractivity contribution is 0.0388. The molecule has 1 aromatic carbocycles. The average molecular weight is 350 g/mol. The Balaban J connectivity index is 1.47. The van der Waals surface area contributed by atoms with E-state index in [1.165, 1.54) is 0 Å². The Morgan fingerprint density at radius 2 is 2.08 bits per heavy atom. The molecule has 2 amide bonds. The molecular weight excluding hydrogens is 330 g/mol. The second-order valence-corrected chi connectivity index (χ2v) is 5.87. The van der Waals surface area contributed by atoms with Gasteiger partial charge in [-0.25, -0.2) is 9.48 Å². The molecule has 24 heavy (non-hydrogen) atoms. The Morgan fingerprint density at radius 1 is 1.29 bits per heavy atom. The molecule has 1 saturated heterocycles. The van der Waals surface area contributed by atoms with E-state index in [0.717, 1.165) is 38.5 Å². The van der Waals surface area contributed by atoms with Crippen molar-refractivity contribution in [2.45, 2.75) is 0 Å². The van der Waals surface area contributed by atoms with Crippen LogP contribution in [-0.2, 0) is 4.74 Å². The van der Waals surface area contributed by atoms with E-state index in [0.29, 0.717) is 17.3 Å². The van der Waals surface area contributed by atoms with E-state index in [9.17, 15) is 4.79 Å². The summed E-state index contributed by atoms with van der Waals surface area (Å²) < 4.78 is 6.92. The lowest BCUT2D eigenvalue weighted by Crippen LogP contribution is -2.42. The highest BCUT2D eigenvalue weighted by atomic mass is 35.5. The topological polar surface area (TPSA) is 71.4 Å². The van der Waals surface area contributed by atoms with Crippen LogP contribution in [0.25, 0.3) is 5.69 Å². The fourth-order valence-corrected chi connectivity index (χ4v) is 2.71. The molecule has 1 aromatic heterocycles. The third-order valence-electron chi connectivity index (χ3n) is 3.76. The molecule has 2 heterocycles. The summed E-state index contributed by atoms with van der Waals surface area (Å²) in [5.74, 6) is 0. The van der Waals surface area contributed by atoms with E-state index in [1.807, 2.05) is 18.2 Å². The predicted molar refractivity (Wildman–Crippen MR) is 92.9 cm³/mol. The Kier molecular flexibility index (Phi) is 5.68. The van der Waals surface area contributed by atoms with Crippen molar-refractivity contribution in [3.05, 3.63) is 41.7 Å². The number of amides is 2. The van der Waals surface area contributed by atoms with Gasteiger partial charge in [-0.2, -0.15) is 5.10 Å².